The number of benzene rings is 1. The Labute approximate surface area is 141 Å². The molecule has 1 saturated heterocycles. The second-order valence-electron chi connectivity index (χ2n) is 5.95. The molecule has 3 nitrogen and oxygen atoms in total. The molecule has 0 spiro atoms. The Morgan fingerprint density at radius 3 is 2.10 bits per heavy atom. The summed E-state index contributed by atoms with van der Waals surface area (Å²) in [6.45, 7) is 0. The largest absolute Gasteiger partial charge is 0.274 e. The summed E-state index contributed by atoms with van der Waals surface area (Å²) in [5.74, 6) is 0.00259. The van der Waals surface area contributed by atoms with Gasteiger partial charge in [0.2, 0.25) is 11.8 Å². The summed E-state index contributed by atoms with van der Waals surface area (Å²) >= 11 is 8.27. The minimum absolute atomic E-state index is 0.0543. The van der Waals surface area contributed by atoms with Crippen LogP contribution in [0.1, 0.15) is 12.8 Å². The molecule has 1 saturated carbocycles. The number of rotatable bonds is 1. The van der Waals surface area contributed by atoms with E-state index in [0.29, 0.717) is 10.7 Å². The summed E-state index contributed by atoms with van der Waals surface area (Å²) in [6, 6.07) is 5.36. The zero-order valence-electron chi connectivity index (χ0n) is 11.1. The maximum atomic E-state index is 12.8. The Bertz CT molecular complexity index is 655. The zero-order chi connectivity index (χ0) is 14.7. The minimum Gasteiger partial charge on any atom is -0.274 e. The first-order valence-electron chi connectivity index (χ1n) is 7.09. The van der Waals surface area contributed by atoms with Crippen molar-refractivity contribution in [3.63, 3.8) is 0 Å². The van der Waals surface area contributed by atoms with Gasteiger partial charge in [-0.05, 0) is 65.5 Å². The van der Waals surface area contributed by atoms with E-state index in [0.717, 1.165) is 16.4 Å². The van der Waals surface area contributed by atoms with E-state index in [1.165, 1.54) is 4.90 Å². The molecule has 0 radical (unpaired) electrons. The fraction of sp³-hybridized carbons (Fsp3) is 0.375. The van der Waals surface area contributed by atoms with Gasteiger partial charge in [0, 0.05) is 3.57 Å². The summed E-state index contributed by atoms with van der Waals surface area (Å²) in [5, 5.41) is 0.574. The van der Waals surface area contributed by atoms with Crippen molar-refractivity contribution in [2.45, 2.75) is 12.8 Å². The van der Waals surface area contributed by atoms with E-state index < -0.39 is 0 Å². The number of fused-ring (bicyclic) bond motifs is 1. The van der Waals surface area contributed by atoms with Gasteiger partial charge in [-0.3, -0.25) is 9.59 Å². The Morgan fingerprint density at radius 2 is 1.62 bits per heavy atom. The molecule has 1 aliphatic heterocycles. The molecule has 0 unspecified atom stereocenters. The summed E-state index contributed by atoms with van der Waals surface area (Å²) in [5.41, 5.74) is 0.601. The molecule has 108 valence electrons. The maximum absolute atomic E-state index is 12.8. The fourth-order valence-corrected chi connectivity index (χ4v) is 4.46. The number of halogens is 2. The molecule has 0 N–H and O–H groups in total. The fourth-order valence-electron chi connectivity index (χ4n) is 3.95. The summed E-state index contributed by atoms with van der Waals surface area (Å²) in [4.78, 5) is 26.9. The van der Waals surface area contributed by atoms with Crippen LogP contribution in [0.25, 0.3) is 0 Å². The van der Waals surface area contributed by atoms with Gasteiger partial charge in [0.1, 0.15) is 0 Å². The summed E-state index contributed by atoms with van der Waals surface area (Å²) < 4.78 is 0.913. The Kier molecular flexibility index (Phi) is 3.15. The van der Waals surface area contributed by atoms with Crippen molar-refractivity contribution in [2.75, 3.05) is 4.90 Å². The van der Waals surface area contributed by atoms with Crippen LogP contribution in [-0.4, -0.2) is 11.8 Å². The van der Waals surface area contributed by atoms with Crippen molar-refractivity contribution in [2.24, 2.45) is 23.7 Å². The van der Waals surface area contributed by atoms with E-state index in [-0.39, 0.29) is 35.5 Å². The molecule has 3 aliphatic carbocycles. The van der Waals surface area contributed by atoms with Crippen LogP contribution in [0.5, 0.6) is 0 Å². The molecular formula is C16H13ClINO2. The van der Waals surface area contributed by atoms with Gasteiger partial charge in [0.25, 0.3) is 0 Å². The molecule has 4 atom stereocenters. The highest BCUT2D eigenvalue weighted by Gasteiger charge is 2.56. The summed E-state index contributed by atoms with van der Waals surface area (Å²) in [6.07, 6.45) is 6.29. The minimum atomic E-state index is -0.167. The molecule has 2 bridgehead atoms. The van der Waals surface area contributed by atoms with Crippen molar-refractivity contribution < 1.29 is 9.59 Å². The number of allylic oxidation sites excluding steroid dienone is 2. The molecule has 1 heterocycles. The zero-order valence-corrected chi connectivity index (χ0v) is 14.0. The molecule has 5 rings (SSSR count). The van der Waals surface area contributed by atoms with E-state index in [2.05, 4.69) is 34.7 Å². The van der Waals surface area contributed by atoms with Gasteiger partial charge in [-0.15, -0.1) is 0 Å². The topological polar surface area (TPSA) is 37.4 Å². The number of carbonyl (C=O) groups excluding carboxylic acids is 2. The quantitative estimate of drug-likeness (QED) is 0.400. The first-order chi connectivity index (χ1) is 10.1. The molecular weight excluding hydrogens is 401 g/mol. The van der Waals surface area contributed by atoms with Crippen molar-refractivity contribution in [1.29, 1.82) is 0 Å². The monoisotopic (exact) mass is 413 g/mol. The number of anilines is 1. The highest BCUT2D eigenvalue weighted by molar-refractivity contribution is 14.1. The third-order valence-electron chi connectivity index (χ3n) is 4.92. The van der Waals surface area contributed by atoms with E-state index in [1.807, 2.05) is 6.07 Å². The van der Waals surface area contributed by atoms with Crippen molar-refractivity contribution in [3.05, 3.63) is 38.9 Å². The van der Waals surface area contributed by atoms with Crippen molar-refractivity contribution in [1.82, 2.24) is 0 Å². The predicted octanol–water partition coefficient (Wildman–Crippen LogP) is 3.65. The Hall–Kier alpha value is -0.880. The first-order valence-corrected chi connectivity index (χ1v) is 8.55. The van der Waals surface area contributed by atoms with Gasteiger partial charge in [-0.25, -0.2) is 4.90 Å². The molecule has 4 aliphatic rings. The van der Waals surface area contributed by atoms with Crippen LogP contribution >= 0.6 is 34.2 Å². The molecule has 2 amide bonds. The number of imide groups is 1. The normalized spacial score (nSPS) is 33.7. The Morgan fingerprint density at radius 1 is 1.05 bits per heavy atom. The highest BCUT2D eigenvalue weighted by Crippen LogP contribution is 2.50. The molecule has 1 aromatic carbocycles. The predicted molar refractivity (Wildman–Crippen MR) is 89.0 cm³/mol. The van der Waals surface area contributed by atoms with Gasteiger partial charge in [0.15, 0.2) is 0 Å². The first kappa shape index (κ1) is 13.8. The lowest BCUT2D eigenvalue weighted by atomic mass is 9.63. The smallest absolute Gasteiger partial charge is 0.238 e. The van der Waals surface area contributed by atoms with Crippen LogP contribution in [0.15, 0.2) is 30.4 Å². The van der Waals surface area contributed by atoms with Gasteiger partial charge in [-0.2, -0.15) is 0 Å². The van der Waals surface area contributed by atoms with Gasteiger partial charge >= 0.3 is 0 Å². The Balaban J connectivity index is 1.76. The number of carbonyl (C=O) groups is 2. The van der Waals surface area contributed by atoms with Gasteiger partial charge in [0.05, 0.1) is 22.5 Å². The van der Waals surface area contributed by atoms with Gasteiger partial charge < -0.3 is 0 Å². The molecule has 5 heteroatoms. The van der Waals surface area contributed by atoms with Crippen LogP contribution in [0, 0.1) is 27.2 Å². The van der Waals surface area contributed by atoms with E-state index in [9.17, 15) is 9.59 Å². The van der Waals surface area contributed by atoms with Gasteiger partial charge in [-0.1, -0.05) is 23.8 Å². The lowest BCUT2D eigenvalue weighted by molar-refractivity contribution is -0.124. The molecule has 21 heavy (non-hydrogen) atoms. The standard InChI is InChI=1S/C16H13ClINO2/c17-11-7-10(5-6-12(11)18)19-15(20)13-8-1-2-9(4-3-8)14(13)16(19)21/h1-2,5-9,13-14H,3-4H2/t8-,9+,13-,14+. The van der Waals surface area contributed by atoms with Crippen molar-refractivity contribution >= 4 is 51.7 Å². The van der Waals surface area contributed by atoms with Crippen LogP contribution in [0.4, 0.5) is 5.69 Å². The van der Waals surface area contributed by atoms with Crippen LogP contribution in [0.2, 0.25) is 5.02 Å². The van der Waals surface area contributed by atoms with Crippen molar-refractivity contribution in [3.8, 4) is 0 Å². The number of nitrogens with zero attached hydrogens (tertiary/aromatic N) is 1. The number of hydrogen-bond acceptors (Lipinski definition) is 2. The summed E-state index contributed by atoms with van der Waals surface area (Å²) in [7, 11) is 0. The second-order valence-corrected chi connectivity index (χ2v) is 7.52. The average molecular weight is 414 g/mol. The molecule has 2 fully saturated rings. The van der Waals surface area contributed by atoms with E-state index in [4.69, 9.17) is 11.6 Å². The van der Waals surface area contributed by atoms with E-state index in [1.54, 1.807) is 12.1 Å². The van der Waals surface area contributed by atoms with E-state index >= 15 is 0 Å². The lowest BCUT2D eigenvalue weighted by Gasteiger charge is -2.38. The maximum Gasteiger partial charge on any atom is 0.238 e. The number of amides is 2. The SMILES string of the molecule is O=C1[C@@H]2[C@H](C(=O)N1c1ccc(I)c(Cl)c1)[C@@H]1C=C[C@H]2CC1. The third-order valence-corrected chi connectivity index (χ3v) is 6.49. The third kappa shape index (κ3) is 1.91. The number of hydrogen-bond donors (Lipinski definition) is 0. The second kappa shape index (κ2) is 4.81. The van der Waals surface area contributed by atoms with Crippen LogP contribution in [-0.2, 0) is 9.59 Å². The highest BCUT2D eigenvalue weighted by atomic mass is 127. The van der Waals surface area contributed by atoms with Crippen LogP contribution < -0.4 is 4.90 Å². The lowest BCUT2D eigenvalue weighted by Crippen LogP contribution is -2.38. The molecule has 0 aromatic heterocycles. The average Bonchev–Trinajstić information content (AvgIpc) is 2.78. The molecule has 1 aromatic rings. The van der Waals surface area contributed by atoms with Crippen LogP contribution in [0.3, 0.4) is 0 Å².